The van der Waals surface area contributed by atoms with Crippen LogP contribution in [0.3, 0.4) is 0 Å². The van der Waals surface area contributed by atoms with Gasteiger partial charge in [-0.05, 0) is 36.3 Å². The highest BCUT2D eigenvalue weighted by molar-refractivity contribution is 6.51. The summed E-state index contributed by atoms with van der Waals surface area (Å²) in [5.41, 5.74) is 2.52. The second-order valence-electron chi connectivity index (χ2n) is 10.2. The number of carbonyl (C=O) groups is 4. The highest BCUT2D eigenvalue weighted by Gasteiger charge is 2.74. The third kappa shape index (κ3) is 4.92. The van der Waals surface area contributed by atoms with Crippen LogP contribution in [0.25, 0.3) is 0 Å². The number of amides is 3. The summed E-state index contributed by atoms with van der Waals surface area (Å²) in [6.45, 7) is 7.74. The minimum atomic E-state index is -1.09. The quantitative estimate of drug-likeness (QED) is 0.274. The summed E-state index contributed by atoms with van der Waals surface area (Å²) in [7, 11) is 0. The first kappa shape index (κ1) is 26.7. The number of ketones is 1. The first-order valence-corrected chi connectivity index (χ1v) is 13.4. The normalized spacial score (nSPS) is 25.3. The molecule has 7 nitrogen and oxygen atoms in total. The zero-order valence-electron chi connectivity index (χ0n) is 20.6. The number of benzene rings is 1. The Morgan fingerprint density at radius 1 is 1.19 bits per heavy atom. The zero-order valence-corrected chi connectivity index (χ0v) is 22.1. The smallest absolute Gasteiger partial charge is 0.289 e. The molecule has 5 atom stereocenters. The van der Waals surface area contributed by atoms with Crippen LogP contribution in [0.4, 0.5) is 0 Å². The lowest BCUT2D eigenvalue weighted by atomic mass is 9.89. The molecule has 1 saturated carbocycles. The molecule has 0 unspecified atom stereocenters. The molecule has 0 radical (unpaired) electrons. The highest BCUT2D eigenvalue weighted by Crippen LogP contribution is 2.65. The third-order valence-electron chi connectivity index (χ3n) is 7.90. The van der Waals surface area contributed by atoms with E-state index < -0.39 is 39.9 Å². The predicted molar refractivity (Wildman–Crippen MR) is 138 cm³/mol. The molecule has 3 aliphatic rings. The Bertz CT molecular complexity index is 1050. The summed E-state index contributed by atoms with van der Waals surface area (Å²) in [5.74, 6) is -2.87. The topological polar surface area (TPSA) is 95.6 Å². The van der Waals surface area contributed by atoms with E-state index >= 15 is 0 Å². The van der Waals surface area contributed by atoms with Crippen molar-refractivity contribution in [3.05, 3.63) is 48.0 Å². The maximum absolute atomic E-state index is 13.7. The van der Waals surface area contributed by atoms with Crippen LogP contribution >= 0.6 is 23.2 Å². The van der Waals surface area contributed by atoms with E-state index in [0.717, 1.165) is 12.8 Å². The SMILES string of the molecule is C=CCNC(=O)C(=O)[C@H](CCC)NC(=O)[C@@H]1[C@@H]2[C@H](CN1C(=O)[C@@H](C)C1Cc3ccccc3C1)C2(Cl)Cl. The van der Waals surface area contributed by atoms with Gasteiger partial charge < -0.3 is 15.5 Å². The molecule has 2 aliphatic carbocycles. The Morgan fingerprint density at radius 3 is 2.42 bits per heavy atom. The van der Waals surface area contributed by atoms with Crippen molar-refractivity contribution >= 4 is 46.7 Å². The maximum Gasteiger partial charge on any atom is 0.289 e. The van der Waals surface area contributed by atoms with Crippen molar-refractivity contribution in [2.24, 2.45) is 23.7 Å². The lowest BCUT2D eigenvalue weighted by Gasteiger charge is -2.33. The van der Waals surface area contributed by atoms with E-state index in [2.05, 4.69) is 29.3 Å². The molecule has 3 amide bonds. The molecule has 2 fully saturated rings. The van der Waals surface area contributed by atoms with Gasteiger partial charge in [-0.1, -0.05) is 50.6 Å². The minimum absolute atomic E-state index is 0.105. The van der Waals surface area contributed by atoms with Crippen LogP contribution in [0.5, 0.6) is 0 Å². The number of halogens is 2. The molecule has 1 aromatic carbocycles. The molecular formula is C27H33Cl2N3O4. The Balaban J connectivity index is 1.48. The number of likely N-dealkylation sites (tertiary alicyclic amines) is 1. The molecule has 4 rings (SSSR count). The predicted octanol–water partition coefficient (Wildman–Crippen LogP) is 2.82. The van der Waals surface area contributed by atoms with Gasteiger partial charge in [-0.25, -0.2) is 0 Å². The molecule has 1 saturated heterocycles. The lowest BCUT2D eigenvalue weighted by molar-refractivity contribution is -0.145. The Kier molecular flexibility index (Phi) is 7.81. The van der Waals surface area contributed by atoms with Gasteiger partial charge in [0.15, 0.2) is 0 Å². The molecule has 0 aromatic heterocycles. The van der Waals surface area contributed by atoms with Crippen LogP contribution < -0.4 is 10.6 Å². The van der Waals surface area contributed by atoms with Gasteiger partial charge in [0.2, 0.25) is 17.6 Å². The Morgan fingerprint density at radius 2 is 1.83 bits per heavy atom. The Hall–Kier alpha value is -2.38. The van der Waals surface area contributed by atoms with Crippen LogP contribution in [0.2, 0.25) is 0 Å². The average Bonchev–Trinajstić information content (AvgIpc) is 3.25. The molecule has 9 heteroatoms. The summed E-state index contributed by atoms with van der Waals surface area (Å²) < 4.78 is -1.09. The van der Waals surface area contributed by atoms with Crippen LogP contribution in [0, 0.1) is 23.7 Å². The summed E-state index contributed by atoms with van der Waals surface area (Å²) in [6.07, 6.45) is 3.99. The molecule has 1 aliphatic heterocycles. The maximum atomic E-state index is 13.7. The summed E-state index contributed by atoms with van der Waals surface area (Å²) in [6, 6.07) is 6.33. The van der Waals surface area contributed by atoms with Crippen LogP contribution in [0.15, 0.2) is 36.9 Å². The van der Waals surface area contributed by atoms with Gasteiger partial charge >= 0.3 is 0 Å². The van der Waals surface area contributed by atoms with E-state index in [1.165, 1.54) is 17.2 Å². The number of nitrogens with zero attached hydrogens (tertiary/aromatic N) is 1. The number of alkyl halides is 2. The molecular weight excluding hydrogens is 501 g/mol. The number of nitrogens with one attached hydrogen (secondary N) is 2. The zero-order chi connectivity index (χ0) is 26.2. The molecule has 0 spiro atoms. The number of carbonyl (C=O) groups excluding carboxylic acids is 4. The molecule has 36 heavy (non-hydrogen) atoms. The number of fused-ring (bicyclic) bond motifs is 2. The lowest BCUT2D eigenvalue weighted by Crippen LogP contribution is -2.56. The minimum Gasteiger partial charge on any atom is -0.346 e. The van der Waals surface area contributed by atoms with Crippen molar-refractivity contribution in [2.75, 3.05) is 13.1 Å². The van der Waals surface area contributed by atoms with Crippen molar-refractivity contribution in [3.63, 3.8) is 0 Å². The van der Waals surface area contributed by atoms with Gasteiger partial charge in [-0.3, -0.25) is 19.2 Å². The van der Waals surface area contributed by atoms with Gasteiger partial charge in [-0.15, -0.1) is 29.8 Å². The van der Waals surface area contributed by atoms with E-state index in [-0.39, 0.29) is 30.2 Å². The standard InChI is InChI=1S/C27H33Cl2N3O4/c1-4-8-20(23(33)25(35)30-11-5-2)31-24(34)22-21-19(27(21,28)29)14-32(22)26(36)15(3)18-12-16-9-6-7-10-17(16)13-18/h5-7,9-10,15,18-22H,2,4,8,11-14H2,1,3H3,(H,30,35)(H,31,34)/t15-,19-,20-,21-,22-/m0/s1. The average molecular weight is 534 g/mol. The van der Waals surface area contributed by atoms with Crippen molar-refractivity contribution in [3.8, 4) is 0 Å². The van der Waals surface area contributed by atoms with Crippen LogP contribution in [0.1, 0.15) is 37.8 Å². The van der Waals surface area contributed by atoms with Gasteiger partial charge in [-0.2, -0.15) is 0 Å². The number of rotatable bonds is 10. The second kappa shape index (κ2) is 10.5. The summed E-state index contributed by atoms with van der Waals surface area (Å²) >= 11 is 12.9. The van der Waals surface area contributed by atoms with Gasteiger partial charge in [0, 0.05) is 30.8 Å². The van der Waals surface area contributed by atoms with E-state index in [9.17, 15) is 19.2 Å². The van der Waals surface area contributed by atoms with E-state index in [0.29, 0.717) is 19.4 Å². The number of hydrogen-bond donors (Lipinski definition) is 2. The fraction of sp³-hybridized carbons (Fsp3) is 0.556. The van der Waals surface area contributed by atoms with E-state index in [4.69, 9.17) is 23.2 Å². The number of piperidine rings is 1. The Labute approximate surface area is 222 Å². The van der Waals surface area contributed by atoms with Gasteiger partial charge in [0.1, 0.15) is 10.4 Å². The first-order chi connectivity index (χ1) is 17.1. The third-order valence-corrected chi connectivity index (χ3v) is 8.97. The van der Waals surface area contributed by atoms with E-state index in [1.807, 2.05) is 26.0 Å². The highest BCUT2D eigenvalue weighted by atomic mass is 35.5. The molecule has 2 N–H and O–H groups in total. The van der Waals surface area contributed by atoms with Crippen LogP contribution in [-0.2, 0) is 32.0 Å². The first-order valence-electron chi connectivity index (χ1n) is 12.6. The van der Waals surface area contributed by atoms with Crippen LogP contribution in [-0.4, -0.2) is 57.9 Å². The molecule has 1 aromatic rings. The summed E-state index contributed by atoms with van der Waals surface area (Å²) in [5, 5.41) is 5.19. The van der Waals surface area contributed by atoms with E-state index in [1.54, 1.807) is 4.90 Å². The van der Waals surface area contributed by atoms with Gasteiger partial charge in [0.25, 0.3) is 5.91 Å². The second-order valence-corrected chi connectivity index (χ2v) is 11.6. The summed E-state index contributed by atoms with van der Waals surface area (Å²) in [4.78, 5) is 53.7. The van der Waals surface area contributed by atoms with Crippen molar-refractivity contribution < 1.29 is 19.2 Å². The number of Topliss-reactive ketones (excluding diaryl/α,β-unsaturated/α-hetero) is 1. The van der Waals surface area contributed by atoms with Gasteiger partial charge in [0.05, 0.1) is 6.04 Å². The largest absolute Gasteiger partial charge is 0.346 e. The molecule has 194 valence electrons. The molecule has 1 heterocycles. The fourth-order valence-corrected chi connectivity index (χ4v) is 6.59. The number of hydrogen-bond acceptors (Lipinski definition) is 4. The monoisotopic (exact) mass is 533 g/mol. The van der Waals surface area contributed by atoms with Crippen molar-refractivity contribution in [2.45, 2.75) is 55.9 Å². The van der Waals surface area contributed by atoms with Crippen molar-refractivity contribution in [1.29, 1.82) is 0 Å². The fourth-order valence-electron chi connectivity index (χ4n) is 5.77. The van der Waals surface area contributed by atoms with Crippen molar-refractivity contribution in [1.82, 2.24) is 15.5 Å². The molecule has 0 bridgehead atoms.